The lowest BCUT2D eigenvalue weighted by molar-refractivity contribution is -0.135. The second-order valence-electron chi connectivity index (χ2n) is 8.12. The van der Waals surface area contributed by atoms with Gasteiger partial charge in [0.05, 0.1) is 23.8 Å². The van der Waals surface area contributed by atoms with Gasteiger partial charge in [0.1, 0.15) is 17.0 Å². The molecule has 1 aliphatic rings. The Morgan fingerprint density at radius 2 is 1.89 bits per heavy atom. The standard InChI is InChI=1S/C27H28N2O7S/c1-3-11-34-20-8-5-18(6-9-20)13-23-27(32)29(25(37-23)14-26(31)33-4-2)16-24(30)28-15-19-7-10-21-22(12-19)36-17-35-21/h5-10,12-14H,3-4,11,15-17H2,1-2H3,(H,28,30). The first kappa shape index (κ1) is 26.0. The number of hydrogen-bond acceptors (Lipinski definition) is 8. The normalized spacial score (nSPS) is 13.0. The predicted octanol–water partition coefficient (Wildman–Crippen LogP) is 1.92. The van der Waals surface area contributed by atoms with Crippen LogP contribution in [0.25, 0.3) is 12.2 Å². The number of nitrogens with one attached hydrogen (secondary N) is 1. The summed E-state index contributed by atoms with van der Waals surface area (Å²) < 4.78 is 23.3. The molecule has 0 saturated heterocycles. The summed E-state index contributed by atoms with van der Waals surface area (Å²) in [6.07, 6.45) is 3.87. The molecule has 0 saturated carbocycles. The number of carbonyl (C=O) groups is 2. The van der Waals surface area contributed by atoms with E-state index in [1.165, 1.54) is 10.6 Å². The third kappa shape index (κ3) is 6.79. The number of fused-ring (bicyclic) bond motifs is 1. The fourth-order valence-corrected chi connectivity index (χ4v) is 4.59. The summed E-state index contributed by atoms with van der Waals surface area (Å²) in [5.74, 6) is 1.07. The summed E-state index contributed by atoms with van der Waals surface area (Å²) in [4.78, 5) is 38.1. The molecule has 1 aliphatic heterocycles. The van der Waals surface area contributed by atoms with Crippen molar-refractivity contribution in [3.05, 3.63) is 73.1 Å². The van der Waals surface area contributed by atoms with Gasteiger partial charge in [0.25, 0.3) is 5.56 Å². The molecule has 0 aliphatic carbocycles. The van der Waals surface area contributed by atoms with E-state index in [-0.39, 0.29) is 38.0 Å². The Balaban J connectivity index is 1.55. The topological polar surface area (TPSA) is 105 Å². The molecule has 0 unspecified atom stereocenters. The average Bonchev–Trinajstić information content (AvgIpc) is 3.47. The Kier molecular flexibility index (Phi) is 8.63. The number of rotatable bonds is 10. The zero-order valence-corrected chi connectivity index (χ0v) is 21.5. The molecule has 0 bridgehead atoms. The summed E-state index contributed by atoms with van der Waals surface area (Å²) in [6, 6.07) is 12.8. The zero-order chi connectivity index (χ0) is 26.2. The third-order valence-electron chi connectivity index (χ3n) is 5.34. The lowest BCUT2D eigenvalue weighted by Crippen LogP contribution is -2.38. The third-order valence-corrected chi connectivity index (χ3v) is 6.40. The summed E-state index contributed by atoms with van der Waals surface area (Å²) in [7, 11) is 0. The molecule has 194 valence electrons. The zero-order valence-electron chi connectivity index (χ0n) is 20.7. The molecule has 10 heteroatoms. The molecule has 4 rings (SSSR count). The molecule has 0 radical (unpaired) electrons. The minimum Gasteiger partial charge on any atom is -0.494 e. The van der Waals surface area contributed by atoms with Gasteiger partial charge in [-0.05, 0) is 54.8 Å². The minimum atomic E-state index is -0.581. The highest BCUT2D eigenvalue weighted by molar-refractivity contribution is 7.07. The highest BCUT2D eigenvalue weighted by Gasteiger charge is 2.15. The van der Waals surface area contributed by atoms with Gasteiger partial charge in [0.15, 0.2) is 11.5 Å². The number of benzene rings is 2. The SMILES string of the molecule is CCCOc1ccc(C=c2sc(=CC(=O)OCC)n(CC(=O)NCc3ccc4c(c3)OCO4)c2=O)cc1. The van der Waals surface area contributed by atoms with Crippen molar-refractivity contribution in [2.24, 2.45) is 0 Å². The molecule has 0 fully saturated rings. The van der Waals surface area contributed by atoms with Gasteiger partial charge in [-0.2, -0.15) is 0 Å². The number of carbonyl (C=O) groups excluding carboxylic acids is 2. The second kappa shape index (κ2) is 12.3. The fraction of sp³-hybridized carbons (Fsp3) is 0.296. The summed E-state index contributed by atoms with van der Waals surface area (Å²) >= 11 is 1.12. The van der Waals surface area contributed by atoms with Crippen LogP contribution in [0, 0.1) is 0 Å². The smallest absolute Gasteiger partial charge is 0.333 e. The predicted molar refractivity (Wildman–Crippen MR) is 139 cm³/mol. The van der Waals surface area contributed by atoms with Crippen molar-refractivity contribution in [3.63, 3.8) is 0 Å². The van der Waals surface area contributed by atoms with Crippen LogP contribution in [0.5, 0.6) is 17.2 Å². The molecule has 2 heterocycles. The van der Waals surface area contributed by atoms with Crippen molar-refractivity contribution >= 4 is 35.4 Å². The molecule has 37 heavy (non-hydrogen) atoms. The van der Waals surface area contributed by atoms with Crippen molar-refractivity contribution < 1.29 is 28.5 Å². The minimum absolute atomic E-state index is 0.169. The molecule has 1 amide bonds. The van der Waals surface area contributed by atoms with E-state index in [4.69, 9.17) is 18.9 Å². The van der Waals surface area contributed by atoms with Crippen LogP contribution in [0.15, 0.2) is 47.3 Å². The molecule has 0 atom stereocenters. The van der Waals surface area contributed by atoms with Gasteiger partial charge in [-0.1, -0.05) is 25.1 Å². The van der Waals surface area contributed by atoms with Crippen LogP contribution in [0.1, 0.15) is 31.4 Å². The van der Waals surface area contributed by atoms with Crippen LogP contribution in [0.4, 0.5) is 0 Å². The number of thiazole rings is 1. The Morgan fingerprint density at radius 1 is 1.11 bits per heavy atom. The van der Waals surface area contributed by atoms with E-state index in [9.17, 15) is 14.4 Å². The Bertz CT molecular complexity index is 1440. The number of amides is 1. The van der Waals surface area contributed by atoms with Gasteiger partial charge in [0.2, 0.25) is 12.7 Å². The van der Waals surface area contributed by atoms with Crippen LogP contribution in [0.2, 0.25) is 0 Å². The molecule has 2 aromatic carbocycles. The largest absolute Gasteiger partial charge is 0.494 e. The first-order valence-electron chi connectivity index (χ1n) is 11.9. The van der Waals surface area contributed by atoms with Gasteiger partial charge in [-0.15, -0.1) is 11.3 Å². The Labute approximate surface area is 217 Å². The number of aromatic nitrogens is 1. The fourth-order valence-electron chi connectivity index (χ4n) is 3.56. The quantitative estimate of drug-likeness (QED) is 0.404. The van der Waals surface area contributed by atoms with E-state index in [0.717, 1.165) is 34.6 Å². The van der Waals surface area contributed by atoms with Crippen molar-refractivity contribution in [1.29, 1.82) is 0 Å². The highest BCUT2D eigenvalue weighted by Crippen LogP contribution is 2.32. The maximum atomic E-state index is 13.2. The van der Waals surface area contributed by atoms with E-state index < -0.39 is 5.97 Å². The second-order valence-corrected chi connectivity index (χ2v) is 9.18. The molecule has 0 spiro atoms. The maximum Gasteiger partial charge on any atom is 0.333 e. The van der Waals surface area contributed by atoms with Crippen molar-refractivity contribution in [1.82, 2.24) is 9.88 Å². The van der Waals surface area contributed by atoms with Crippen molar-refractivity contribution in [2.75, 3.05) is 20.0 Å². The molecule has 1 N–H and O–H groups in total. The van der Waals surface area contributed by atoms with Crippen LogP contribution in [0.3, 0.4) is 0 Å². The molecular weight excluding hydrogens is 496 g/mol. The number of esters is 1. The lowest BCUT2D eigenvalue weighted by atomic mass is 10.2. The van der Waals surface area contributed by atoms with E-state index in [2.05, 4.69) is 5.32 Å². The number of nitrogens with zero attached hydrogens (tertiary/aromatic N) is 1. The van der Waals surface area contributed by atoms with Crippen LogP contribution < -0.4 is 34.3 Å². The molecule has 3 aromatic rings. The first-order valence-corrected chi connectivity index (χ1v) is 12.8. The lowest BCUT2D eigenvalue weighted by Gasteiger charge is -2.07. The Hall–Kier alpha value is -4.05. The van der Waals surface area contributed by atoms with E-state index >= 15 is 0 Å². The van der Waals surface area contributed by atoms with Gasteiger partial charge in [0, 0.05) is 6.54 Å². The van der Waals surface area contributed by atoms with Crippen LogP contribution in [-0.2, 0) is 27.4 Å². The molecule has 9 nitrogen and oxygen atoms in total. The average molecular weight is 525 g/mol. The number of hydrogen-bond donors (Lipinski definition) is 1. The maximum absolute atomic E-state index is 13.2. The van der Waals surface area contributed by atoms with Gasteiger partial charge in [-0.25, -0.2) is 4.79 Å². The summed E-state index contributed by atoms with van der Waals surface area (Å²) in [6.45, 7) is 4.73. The Morgan fingerprint density at radius 3 is 2.65 bits per heavy atom. The van der Waals surface area contributed by atoms with E-state index in [0.29, 0.717) is 27.3 Å². The van der Waals surface area contributed by atoms with Crippen molar-refractivity contribution in [3.8, 4) is 17.2 Å². The highest BCUT2D eigenvalue weighted by atomic mass is 32.1. The number of ether oxygens (including phenoxy) is 4. The summed E-state index contributed by atoms with van der Waals surface area (Å²) in [5.41, 5.74) is 1.25. The van der Waals surface area contributed by atoms with Crippen molar-refractivity contribution in [2.45, 2.75) is 33.4 Å². The van der Waals surface area contributed by atoms with Gasteiger partial charge < -0.3 is 24.3 Å². The van der Waals surface area contributed by atoms with Crippen LogP contribution in [-0.4, -0.2) is 36.5 Å². The first-order chi connectivity index (χ1) is 18.0. The molecular formula is C27H28N2O7S. The van der Waals surface area contributed by atoms with Gasteiger partial charge >= 0.3 is 5.97 Å². The van der Waals surface area contributed by atoms with Gasteiger partial charge in [-0.3, -0.25) is 14.2 Å². The van der Waals surface area contributed by atoms with E-state index in [1.54, 1.807) is 25.1 Å². The monoisotopic (exact) mass is 524 g/mol. The summed E-state index contributed by atoms with van der Waals surface area (Å²) in [5, 5.41) is 2.81. The molecule has 1 aromatic heterocycles. The van der Waals surface area contributed by atoms with Crippen LogP contribution >= 0.6 is 11.3 Å². The van der Waals surface area contributed by atoms with E-state index in [1.807, 2.05) is 37.3 Å².